The number of benzene rings is 2. The fourth-order valence-electron chi connectivity index (χ4n) is 4.78. The molecule has 2 aromatic heterocycles. The molecule has 0 saturated carbocycles. The number of fused-ring (bicyclic) bond motifs is 1. The molecule has 8 nitrogen and oxygen atoms in total. The lowest BCUT2D eigenvalue weighted by Gasteiger charge is -2.33. The van der Waals surface area contributed by atoms with Crippen molar-refractivity contribution in [2.75, 3.05) is 44.4 Å². The lowest BCUT2D eigenvalue weighted by atomic mass is 10.0. The number of nitrogens with zero attached hydrogens (tertiary/aromatic N) is 2. The highest BCUT2D eigenvalue weighted by molar-refractivity contribution is 7.20. The number of likely N-dealkylation sites (tertiary alicyclic amines) is 1. The summed E-state index contributed by atoms with van der Waals surface area (Å²) < 4.78 is 66.0. The van der Waals surface area contributed by atoms with Gasteiger partial charge in [-0.1, -0.05) is 29.1 Å². The summed E-state index contributed by atoms with van der Waals surface area (Å²) in [7, 11) is 3.34. The normalized spacial score (nSPS) is 17.7. The summed E-state index contributed by atoms with van der Waals surface area (Å²) in [4.78, 5) is 15.9. The standard InChI is InChI=1S/C28H27F4N5O3S/c1-37-12-10-20(19(29)15-37)34-22-6-3-5-17-18(14-28(30,31)32)24(41-25(17)22)7-4-11-33-21-9-8-16(13-23(21)39-2)26-35-27(38)40-36-26/h3,5-6,8-9,13,19-20,33-34H,10-12,14-15H2,1-2H3,(H,35,36,38)/t19-,20+/m0/s1. The van der Waals surface area contributed by atoms with E-state index in [0.29, 0.717) is 50.6 Å². The van der Waals surface area contributed by atoms with E-state index in [1.165, 1.54) is 18.4 Å². The third kappa shape index (κ3) is 6.66. The average Bonchev–Trinajstić information content (AvgIpc) is 3.51. The number of hydrogen-bond donors (Lipinski definition) is 3. The molecular weight excluding hydrogens is 562 g/mol. The predicted octanol–water partition coefficient (Wildman–Crippen LogP) is 5.28. The van der Waals surface area contributed by atoms with Gasteiger partial charge >= 0.3 is 11.9 Å². The van der Waals surface area contributed by atoms with Gasteiger partial charge in [0, 0.05) is 18.7 Å². The smallest absolute Gasteiger partial charge is 0.439 e. The van der Waals surface area contributed by atoms with Crippen LogP contribution in [-0.2, 0) is 6.42 Å². The second-order valence-electron chi connectivity index (χ2n) is 9.72. The van der Waals surface area contributed by atoms with E-state index in [0.717, 1.165) is 6.54 Å². The molecule has 3 heterocycles. The van der Waals surface area contributed by atoms with E-state index in [4.69, 9.17) is 4.74 Å². The number of ether oxygens (including phenoxy) is 1. The number of H-pyrrole nitrogens is 1. The van der Waals surface area contributed by atoms with Crippen molar-refractivity contribution in [3.8, 4) is 29.0 Å². The van der Waals surface area contributed by atoms with Crippen molar-refractivity contribution >= 4 is 32.8 Å². The zero-order valence-corrected chi connectivity index (χ0v) is 23.0. The summed E-state index contributed by atoms with van der Waals surface area (Å²) in [5.74, 6) is 5.84. The van der Waals surface area contributed by atoms with Crippen LogP contribution in [0.5, 0.6) is 5.75 Å². The quantitative estimate of drug-likeness (QED) is 0.200. The number of rotatable bonds is 7. The first kappa shape index (κ1) is 28.5. The molecule has 0 spiro atoms. The first-order chi connectivity index (χ1) is 19.6. The third-order valence-electron chi connectivity index (χ3n) is 6.77. The molecule has 0 bridgehead atoms. The number of aromatic amines is 1. The molecule has 3 N–H and O–H groups in total. The van der Waals surface area contributed by atoms with E-state index in [9.17, 15) is 22.4 Å². The molecule has 1 aliphatic heterocycles. The van der Waals surface area contributed by atoms with Crippen molar-refractivity contribution in [3.63, 3.8) is 0 Å². The van der Waals surface area contributed by atoms with Crippen LogP contribution < -0.4 is 21.1 Å². The van der Waals surface area contributed by atoms with Crippen molar-refractivity contribution in [1.82, 2.24) is 15.0 Å². The van der Waals surface area contributed by atoms with Crippen LogP contribution in [0.15, 0.2) is 45.7 Å². The zero-order valence-electron chi connectivity index (χ0n) is 22.2. The Morgan fingerprint density at radius 3 is 2.80 bits per heavy atom. The van der Waals surface area contributed by atoms with Crippen LogP contribution in [0.3, 0.4) is 0 Å². The topological polar surface area (TPSA) is 95.4 Å². The van der Waals surface area contributed by atoms with E-state index in [1.54, 1.807) is 36.4 Å². The maximum absolute atomic E-state index is 14.7. The zero-order chi connectivity index (χ0) is 29.1. The van der Waals surface area contributed by atoms with Gasteiger partial charge in [-0.05, 0) is 48.7 Å². The van der Waals surface area contributed by atoms with Gasteiger partial charge in [0.25, 0.3) is 0 Å². The largest absolute Gasteiger partial charge is 0.495 e. The number of anilines is 2. The molecular formula is C28H27F4N5O3S. The second kappa shape index (κ2) is 11.8. The van der Waals surface area contributed by atoms with Gasteiger partial charge in [-0.3, -0.25) is 9.51 Å². The third-order valence-corrected chi connectivity index (χ3v) is 7.96. The Kier molecular flexibility index (Phi) is 8.23. The molecule has 1 saturated heterocycles. The minimum Gasteiger partial charge on any atom is -0.495 e. The van der Waals surface area contributed by atoms with E-state index in [1.807, 2.05) is 11.9 Å². The highest BCUT2D eigenvalue weighted by atomic mass is 32.1. The molecule has 4 aromatic rings. The number of nitrogens with one attached hydrogen (secondary N) is 3. The average molecular weight is 590 g/mol. The molecule has 0 aliphatic carbocycles. The molecule has 0 unspecified atom stereocenters. The summed E-state index contributed by atoms with van der Waals surface area (Å²) in [5, 5.41) is 10.5. The Hall–Kier alpha value is -4.02. The van der Waals surface area contributed by atoms with Gasteiger partial charge in [0.15, 0.2) is 5.82 Å². The van der Waals surface area contributed by atoms with Gasteiger partial charge < -0.3 is 20.3 Å². The van der Waals surface area contributed by atoms with Gasteiger partial charge in [0.2, 0.25) is 0 Å². The second-order valence-corrected chi connectivity index (χ2v) is 10.7. The first-order valence-corrected chi connectivity index (χ1v) is 13.6. The molecule has 1 fully saturated rings. The number of methoxy groups -OCH3 is 1. The minimum atomic E-state index is -4.42. The lowest BCUT2D eigenvalue weighted by molar-refractivity contribution is -0.126. The maximum Gasteiger partial charge on any atom is 0.439 e. The minimum absolute atomic E-state index is 0.109. The number of alkyl halides is 4. The van der Waals surface area contributed by atoms with E-state index < -0.39 is 30.6 Å². The van der Waals surface area contributed by atoms with Crippen LogP contribution in [0.25, 0.3) is 21.5 Å². The van der Waals surface area contributed by atoms with Gasteiger partial charge in [-0.15, -0.1) is 11.3 Å². The predicted molar refractivity (Wildman–Crippen MR) is 150 cm³/mol. The van der Waals surface area contributed by atoms with Crippen molar-refractivity contribution in [2.24, 2.45) is 0 Å². The van der Waals surface area contributed by atoms with Gasteiger partial charge in [0.05, 0.1) is 47.1 Å². The van der Waals surface area contributed by atoms with Gasteiger partial charge in [-0.25, -0.2) is 9.18 Å². The molecule has 41 heavy (non-hydrogen) atoms. The molecule has 2 atom stereocenters. The molecule has 1 aliphatic rings. The Morgan fingerprint density at radius 2 is 2.10 bits per heavy atom. The van der Waals surface area contributed by atoms with E-state index >= 15 is 0 Å². The van der Waals surface area contributed by atoms with Crippen molar-refractivity contribution in [1.29, 1.82) is 0 Å². The highest BCUT2D eigenvalue weighted by Gasteiger charge is 2.32. The van der Waals surface area contributed by atoms with Gasteiger partial charge in [0.1, 0.15) is 11.9 Å². The number of thiophene rings is 1. The Bertz CT molecular complexity index is 1650. The Labute approximate surface area is 236 Å². The first-order valence-electron chi connectivity index (χ1n) is 12.8. The number of halogens is 4. The number of aromatic nitrogens is 2. The van der Waals surface area contributed by atoms with Crippen LogP contribution in [-0.4, -0.2) is 67.2 Å². The van der Waals surface area contributed by atoms with Crippen LogP contribution in [0.4, 0.5) is 28.9 Å². The molecule has 2 aromatic carbocycles. The lowest BCUT2D eigenvalue weighted by Crippen LogP contribution is -2.46. The maximum atomic E-state index is 14.7. The fourth-order valence-corrected chi connectivity index (χ4v) is 5.95. The number of piperidine rings is 1. The summed E-state index contributed by atoms with van der Waals surface area (Å²) in [5.41, 5.74) is 1.87. The molecule has 0 amide bonds. The van der Waals surface area contributed by atoms with Crippen LogP contribution in [0, 0.1) is 11.8 Å². The van der Waals surface area contributed by atoms with E-state index in [-0.39, 0.29) is 17.9 Å². The summed E-state index contributed by atoms with van der Waals surface area (Å²) in [6.45, 7) is 1.16. The summed E-state index contributed by atoms with van der Waals surface area (Å²) in [6, 6.07) is 9.73. The van der Waals surface area contributed by atoms with E-state index in [2.05, 4.69) is 37.1 Å². The van der Waals surface area contributed by atoms with Crippen LogP contribution >= 0.6 is 11.3 Å². The monoisotopic (exact) mass is 589 g/mol. The van der Waals surface area contributed by atoms with Crippen molar-refractivity contribution in [2.45, 2.75) is 31.2 Å². The van der Waals surface area contributed by atoms with Crippen LogP contribution in [0.2, 0.25) is 0 Å². The fraction of sp³-hybridized carbons (Fsp3) is 0.357. The molecule has 13 heteroatoms. The van der Waals surface area contributed by atoms with Gasteiger partial charge in [-0.2, -0.15) is 13.2 Å². The summed E-state index contributed by atoms with van der Waals surface area (Å²) >= 11 is 1.17. The van der Waals surface area contributed by atoms with Crippen molar-refractivity contribution in [3.05, 3.63) is 57.4 Å². The summed E-state index contributed by atoms with van der Waals surface area (Å²) in [6.07, 6.45) is -6.04. The highest BCUT2D eigenvalue weighted by Crippen LogP contribution is 2.39. The molecule has 5 rings (SSSR count). The SMILES string of the molecule is COc1cc(-c2noc(=O)[nH]2)ccc1NCC#Cc1sc2c(N[C@@H]3CCN(C)C[C@@H]3F)cccc2c1CC(F)(F)F. The van der Waals surface area contributed by atoms with Crippen molar-refractivity contribution < 1.29 is 26.8 Å². The molecule has 216 valence electrons. The number of hydrogen-bond acceptors (Lipinski definition) is 8. The Balaban J connectivity index is 1.38. The molecule has 0 radical (unpaired) electrons. The van der Waals surface area contributed by atoms with Crippen LogP contribution in [0.1, 0.15) is 16.9 Å². The Morgan fingerprint density at radius 1 is 1.27 bits per heavy atom.